The fourth-order valence-electron chi connectivity index (χ4n) is 3.43. The van der Waals surface area contributed by atoms with Crippen LogP contribution in [-0.2, 0) is 9.59 Å². The van der Waals surface area contributed by atoms with Crippen LogP contribution in [0.25, 0.3) is 10.8 Å². The van der Waals surface area contributed by atoms with Gasteiger partial charge < -0.3 is 11.1 Å². The Morgan fingerprint density at radius 3 is 2.48 bits per heavy atom. The molecule has 0 spiro atoms. The number of carbonyl (C=O) groups is 2. The van der Waals surface area contributed by atoms with Gasteiger partial charge in [-0.1, -0.05) is 48.5 Å². The van der Waals surface area contributed by atoms with Gasteiger partial charge in [0.2, 0.25) is 6.41 Å². The number of amides is 1. The van der Waals surface area contributed by atoms with Crippen molar-refractivity contribution >= 4 is 28.7 Å². The molecule has 4 nitrogen and oxygen atoms in total. The zero-order chi connectivity index (χ0) is 19.8. The molecular weight excluding hydrogens is 336 g/mol. The summed E-state index contributed by atoms with van der Waals surface area (Å²) in [6, 6.07) is 21.1. The lowest BCUT2D eigenvalue weighted by atomic mass is 9.83. The smallest absolute Gasteiger partial charge is 0.204 e. The number of fused-ring (bicyclic) bond motifs is 1. The summed E-state index contributed by atoms with van der Waals surface area (Å²) in [4.78, 5) is 20.5. The van der Waals surface area contributed by atoms with Gasteiger partial charge in [0, 0.05) is 25.1 Å². The van der Waals surface area contributed by atoms with Crippen LogP contribution in [0.2, 0.25) is 0 Å². The number of aryl methyl sites for hydroxylation is 1. The topological polar surface area (TPSA) is 72.2 Å². The number of nitrogens with two attached hydrogens (primary N) is 1. The second-order valence-electron chi connectivity index (χ2n) is 6.47. The Hall–Kier alpha value is -3.14. The molecule has 3 aromatic carbocycles. The molecule has 140 valence electrons. The van der Waals surface area contributed by atoms with Gasteiger partial charge in [0.15, 0.2) is 0 Å². The van der Waals surface area contributed by atoms with E-state index in [0.29, 0.717) is 6.42 Å². The third kappa shape index (κ3) is 4.94. The summed E-state index contributed by atoms with van der Waals surface area (Å²) in [6.07, 6.45) is 0.770. The van der Waals surface area contributed by atoms with Crippen molar-refractivity contribution < 1.29 is 9.59 Å². The standard InChI is InChI=1S/C22H23NO.CH3NO/c1-15(24)13-22(18-8-6-9-19(14-18)23-3)21-12-11-17-7-4-5-10-20(17)16(21)2;2-1-3/h4-12,14,22-23H,13H2,1-3H3;1H,(H2,2,3). The predicted molar refractivity (Wildman–Crippen MR) is 112 cm³/mol. The maximum Gasteiger partial charge on any atom is 0.204 e. The highest BCUT2D eigenvalue weighted by molar-refractivity contribution is 5.87. The maximum atomic E-state index is 11.9. The van der Waals surface area contributed by atoms with Crippen molar-refractivity contribution in [3.63, 3.8) is 0 Å². The second kappa shape index (κ2) is 9.53. The van der Waals surface area contributed by atoms with Gasteiger partial charge in [-0.3, -0.25) is 9.59 Å². The Labute approximate surface area is 160 Å². The molecule has 0 radical (unpaired) electrons. The summed E-state index contributed by atoms with van der Waals surface area (Å²) >= 11 is 0. The minimum Gasteiger partial charge on any atom is -0.388 e. The van der Waals surface area contributed by atoms with Gasteiger partial charge in [0.1, 0.15) is 5.78 Å². The lowest BCUT2D eigenvalue weighted by molar-refractivity contribution is -0.117. The van der Waals surface area contributed by atoms with Gasteiger partial charge in [-0.2, -0.15) is 0 Å². The molecule has 0 aliphatic carbocycles. The van der Waals surface area contributed by atoms with Gasteiger partial charge in [-0.15, -0.1) is 0 Å². The molecule has 0 fully saturated rings. The Morgan fingerprint density at radius 1 is 1.11 bits per heavy atom. The molecule has 0 saturated heterocycles. The van der Waals surface area contributed by atoms with Crippen LogP contribution in [0.1, 0.15) is 36.0 Å². The molecule has 1 atom stereocenters. The van der Waals surface area contributed by atoms with Crippen LogP contribution in [-0.4, -0.2) is 19.2 Å². The number of rotatable bonds is 5. The Morgan fingerprint density at radius 2 is 1.81 bits per heavy atom. The molecule has 1 unspecified atom stereocenters. The fourth-order valence-corrected chi connectivity index (χ4v) is 3.43. The monoisotopic (exact) mass is 362 g/mol. The number of benzene rings is 3. The lowest BCUT2D eigenvalue weighted by Gasteiger charge is -2.21. The van der Waals surface area contributed by atoms with Crippen molar-refractivity contribution in [2.45, 2.75) is 26.2 Å². The number of primary amides is 1. The molecule has 0 saturated carbocycles. The van der Waals surface area contributed by atoms with Crippen molar-refractivity contribution in [1.29, 1.82) is 0 Å². The summed E-state index contributed by atoms with van der Waals surface area (Å²) in [5.41, 5.74) is 8.90. The number of hydrogen-bond donors (Lipinski definition) is 2. The highest BCUT2D eigenvalue weighted by atomic mass is 16.1. The van der Waals surface area contributed by atoms with E-state index in [1.54, 1.807) is 6.92 Å². The number of Topliss-reactive ketones (excluding diaryl/α,β-unsaturated/α-hetero) is 1. The number of ketones is 1. The zero-order valence-corrected chi connectivity index (χ0v) is 16.0. The van der Waals surface area contributed by atoms with E-state index in [-0.39, 0.29) is 18.1 Å². The molecule has 0 aliphatic rings. The first-order chi connectivity index (χ1) is 13.0. The third-order valence-corrected chi connectivity index (χ3v) is 4.68. The van der Waals surface area contributed by atoms with E-state index in [1.807, 2.05) is 19.2 Å². The molecule has 1 amide bonds. The summed E-state index contributed by atoms with van der Waals surface area (Å²) in [7, 11) is 1.92. The number of anilines is 1. The Kier molecular flexibility index (Phi) is 7.12. The van der Waals surface area contributed by atoms with Crippen LogP contribution in [0.3, 0.4) is 0 Å². The quantitative estimate of drug-likeness (QED) is 0.661. The van der Waals surface area contributed by atoms with Gasteiger partial charge in [0.05, 0.1) is 0 Å². The SMILES string of the molecule is CNc1cccc(C(CC(C)=O)c2ccc3ccccc3c2C)c1.NC=O. The molecule has 3 rings (SSSR count). The second-order valence-corrected chi connectivity index (χ2v) is 6.47. The van der Waals surface area contributed by atoms with E-state index < -0.39 is 0 Å². The average Bonchev–Trinajstić information content (AvgIpc) is 2.67. The minimum atomic E-state index is 0.0837. The van der Waals surface area contributed by atoms with Crippen LogP contribution in [0.15, 0.2) is 60.7 Å². The van der Waals surface area contributed by atoms with Crippen LogP contribution >= 0.6 is 0 Å². The zero-order valence-electron chi connectivity index (χ0n) is 16.0. The van der Waals surface area contributed by atoms with Crippen molar-refractivity contribution in [1.82, 2.24) is 0 Å². The van der Waals surface area contributed by atoms with Crippen molar-refractivity contribution in [2.24, 2.45) is 5.73 Å². The first-order valence-electron chi connectivity index (χ1n) is 8.92. The molecule has 0 aromatic heterocycles. The molecule has 0 heterocycles. The van der Waals surface area contributed by atoms with Crippen LogP contribution in [0, 0.1) is 6.92 Å². The molecule has 27 heavy (non-hydrogen) atoms. The predicted octanol–water partition coefficient (Wildman–Crippen LogP) is 4.40. The molecular formula is C23H26N2O2. The number of hydrogen-bond acceptors (Lipinski definition) is 3. The highest BCUT2D eigenvalue weighted by Crippen LogP contribution is 2.34. The molecule has 4 heteroatoms. The first-order valence-corrected chi connectivity index (χ1v) is 8.92. The van der Waals surface area contributed by atoms with E-state index in [4.69, 9.17) is 4.79 Å². The molecule has 0 aliphatic heterocycles. The number of nitrogens with one attached hydrogen (secondary N) is 1. The van der Waals surface area contributed by atoms with Crippen LogP contribution in [0.4, 0.5) is 5.69 Å². The normalized spacial score (nSPS) is 11.2. The van der Waals surface area contributed by atoms with Crippen molar-refractivity contribution in [3.05, 3.63) is 77.4 Å². The molecule has 3 N–H and O–H groups in total. The summed E-state index contributed by atoms with van der Waals surface area (Å²) < 4.78 is 0. The highest BCUT2D eigenvalue weighted by Gasteiger charge is 2.19. The van der Waals surface area contributed by atoms with E-state index in [0.717, 1.165) is 5.69 Å². The lowest BCUT2D eigenvalue weighted by Crippen LogP contribution is -2.08. The summed E-state index contributed by atoms with van der Waals surface area (Å²) in [5, 5.41) is 5.68. The van der Waals surface area contributed by atoms with Gasteiger partial charge >= 0.3 is 0 Å². The van der Waals surface area contributed by atoms with Gasteiger partial charge in [-0.25, -0.2) is 0 Å². The van der Waals surface area contributed by atoms with E-state index in [2.05, 4.69) is 66.5 Å². The third-order valence-electron chi connectivity index (χ3n) is 4.68. The Balaban J connectivity index is 0.000000817. The average molecular weight is 362 g/mol. The molecule has 0 bridgehead atoms. The summed E-state index contributed by atoms with van der Waals surface area (Å²) in [6.45, 7) is 3.83. The van der Waals surface area contributed by atoms with Gasteiger partial charge in [0.25, 0.3) is 0 Å². The fraction of sp³-hybridized carbons (Fsp3) is 0.217. The van der Waals surface area contributed by atoms with E-state index >= 15 is 0 Å². The van der Waals surface area contributed by atoms with Crippen molar-refractivity contribution in [3.8, 4) is 0 Å². The number of carbonyl (C=O) groups excluding carboxylic acids is 2. The van der Waals surface area contributed by atoms with Crippen LogP contribution in [0.5, 0.6) is 0 Å². The van der Waals surface area contributed by atoms with Crippen LogP contribution < -0.4 is 11.1 Å². The Bertz CT molecular complexity index is 935. The molecule has 3 aromatic rings. The first kappa shape index (κ1) is 20.2. The van der Waals surface area contributed by atoms with E-state index in [9.17, 15) is 4.79 Å². The minimum absolute atomic E-state index is 0.0837. The summed E-state index contributed by atoms with van der Waals surface area (Å²) in [5.74, 6) is 0.294. The van der Waals surface area contributed by atoms with Gasteiger partial charge in [-0.05, 0) is 53.4 Å². The maximum absolute atomic E-state index is 11.9. The van der Waals surface area contributed by atoms with Crippen molar-refractivity contribution in [2.75, 3.05) is 12.4 Å². The largest absolute Gasteiger partial charge is 0.388 e. The van der Waals surface area contributed by atoms with E-state index in [1.165, 1.54) is 27.5 Å².